The van der Waals surface area contributed by atoms with Crippen molar-refractivity contribution < 1.29 is 9.47 Å². The molecule has 0 spiro atoms. The number of methoxy groups -OCH3 is 2. The molecule has 3 heteroatoms. The van der Waals surface area contributed by atoms with E-state index in [-0.39, 0.29) is 0 Å². The van der Waals surface area contributed by atoms with Crippen molar-refractivity contribution in [1.82, 2.24) is 5.32 Å². The van der Waals surface area contributed by atoms with E-state index in [1.165, 1.54) is 11.1 Å². The quantitative estimate of drug-likeness (QED) is 0.790. The number of nitrogens with one attached hydrogen (secondary N) is 1. The first kappa shape index (κ1) is 14.0. The van der Waals surface area contributed by atoms with Gasteiger partial charge in [0.05, 0.1) is 7.11 Å². The molecular weight excluding hydrogens is 214 g/mol. The number of aryl methyl sites for hydroxylation is 1. The van der Waals surface area contributed by atoms with Gasteiger partial charge in [0.1, 0.15) is 5.75 Å². The maximum Gasteiger partial charge on any atom is 0.123 e. The zero-order chi connectivity index (χ0) is 12.7. The summed E-state index contributed by atoms with van der Waals surface area (Å²) in [6.45, 7) is 6.84. The Morgan fingerprint density at radius 1 is 1.29 bits per heavy atom. The van der Waals surface area contributed by atoms with Crippen LogP contribution < -0.4 is 10.1 Å². The minimum Gasteiger partial charge on any atom is -0.496 e. The summed E-state index contributed by atoms with van der Waals surface area (Å²) >= 11 is 0. The zero-order valence-corrected chi connectivity index (χ0v) is 11.2. The molecule has 3 nitrogen and oxygen atoms in total. The number of hydrogen-bond acceptors (Lipinski definition) is 3. The molecule has 0 saturated carbocycles. The van der Waals surface area contributed by atoms with Crippen LogP contribution in [-0.4, -0.2) is 27.4 Å². The van der Waals surface area contributed by atoms with Crippen molar-refractivity contribution in [2.75, 3.05) is 27.4 Å². The molecule has 0 aromatic heterocycles. The Morgan fingerprint density at radius 2 is 2.06 bits per heavy atom. The molecule has 0 bridgehead atoms. The summed E-state index contributed by atoms with van der Waals surface area (Å²) in [6, 6.07) is 6.24. The van der Waals surface area contributed by atoms with E-state index in [9.17, 15) is 0 Å². The lowest BCUT2D eigenvalue weighted by Gasteiger charge is -2.13. The van der Waals surface area contributed by atoms with Crippen molar-refractivity contribution in [3.63, 3.8) is 0 Å². The summed E-state index contributed by atoms with van der Waals surface area (Å²) < 4.78 is 10.4. The van der Waals surface area contributed by atoms with Crippen molar-refractivity contribution in [1.29, 1.82) is 0 Å². The van der Waals surface area contributed by atoms with Crippen LogP contribution in [0.4, 0.5) is 0 Å². The van der Waals surface area contributed by atoms with Crippen LogP contribution in [0.5, 0.6) is 5.75 Å². The van der Waals surface area contributed by atoms with Gasteiger partial charge in [-0.3, -0.25) is 0 Å². The van der Waals surface area contributed by atoms with E-state index in [0.717, 1.165) is 25.4 Å². The van der Waals surface area contributed by atoms with Gasteiger partial charge in [-0.1, -0.05) is 24.6 Å². The van der Waals surface area contributed by atoms with E-state index >= 15 is 0 Å². The Morgan fingerprint density at radius 3 is 2.71 bits per heavy atom. The molecule has 0 heterocycles. The average Bonchev–Trinajstić information content (AvgIpc) is 2.30. The lowest BCUT2D eigenvalue weighted by molar-refractivity contribution is 0.158. The monoisotopic (exact) mass is 237 g/mol. The highest BCUT2D eigenvalue weighted by Crippen LogP contribution is 2.19. The van der Waals surface area contributed by atoms with Crippen molar-refractivity contribution in [2.24, 2.45) is 5.92 Å². The minimum absolute atomic E-state index is 0.524. The Hall–Kier alpha value is -1.06. The molecule has 0 fully saturated rings. The van der Waals surface area contributed by atoms with Gasteiger partial charge < -0.3 is 14.8 Å². The predicted molar refractivity (Wildman–Crippen MR) is 70.5 cm³/mol. The summed E-state index contributed by atoms with van der Waals surface area (Å²) in [4.78, 5) is 0. The van der Waals surface area contributed by atoms with Crippen LogP contribution in [0, 0.1) is 12.8 Å². The normalized spacial score (nSPS) is 12.5. The van der Waals surface area contributed by atoms with Crippen molar-refractivity contribution in [3.8, 4) is 5.75 Å². The third kappa shape index (κ3) is 4.75. The largest absolute Gasteiger partial charge is 0.496 e. The van der Waals surface area contributed by atoms with Crippen molar-refractivity contribution in [3.05, 3.63) is 29.3 Å². The topological polar surface area (TPSA) is 30.5 Å². The second-order valence-corrected chi connectivity index (χ2v) is 4.51. The summed E-state index contributed by atoms with van der Waals surface area (Å²) in [5.74, 6) is 1.47. The fourth-order valence-electron chi connectivity index (χ4n) is 1.84. The number of benzene rings is 1. The first-order valence-corrected chi connectivity index (χ1v) is 6.00. The van der Waals surface area contributed by atoms with Crippen molar-refractivity contribution in [2.45, 2.75) is 20.4 Å². The van der Waals surface area contributed by atoms with Crippen LogP contribution in [0.1, 0.15) is 18.1 Å². The molecule has 0 aliphatic carbocycles. The van der Waals surface area contributed by atoms with E-state index in [1.54, 1.807) is 14.2 Å². The molecule has 96 valence electrons. The van der Waals surface area contributed by atoms with Crippen LogP contribution in [0.25, 0.3) is 0 Å². The van der Waals surface area contributed by atoms with Gasteiger partial charge in [0.2, 0.25) is 0 Å². The van der Waals surface area contributed by atoms with E-state index in [0.29, 0.717) is 5.92 Å². The summed E-state index contributed by atoms with van der Waals surface area (Å²) in [5, 5.41) is 3.43. The van der Waals surface area contributed by atoms with Gasteiger partial charge in [-0.15, -0.1) is 0 Å². The molecule has 0 aliphatic rings. The zero-order valence-electron chi connectivity index (χ0n) is 11.2. The van der Waals surface area contributed by atoms with Crippen LogP contribution in [-0.2, 0) is 11.3 Å². The third-order valence-electron chi connectivity index (χ3n) is 2.70. The van der Waals surface area contributed by atoms with Gasteiger partial charge in [0.25, 0.3) is 0 Å². The molecule has 1 aromatic rings. The van der Waals surface area contributed by atoms with E-state index in [1.807, 2.05) is 6.07 Å². The predicted octanol–water partition coefficient (Wildman–Crippen LogP) is 2.38. The molecule has 0 aliphatic heterocycles. The first-order chi connectivity index (χ1) is 8.17. The maximum atomic E-state index is 5.34. The van der Waals surface area contributed by atoms with E-state index in [4.69, 9.17) is 9.47 Å². The minimum atomic E-state index is 0.524. The standard InChI is InChI=1S/C14H23NO2/c1-11-5-6-14(17-4)13(7-11)9-15-8-12(2)10-16-3/h5-7,12,15H,8-10H2,1-4H3. The second kappa shape index (κ2) is 7.30. The molecule has 0 amide bonds. The molecular formula is C14H23NO2. The summed E-state index contributed by atoms with van der Waals surface area (Å²) in [5.41, 5.74) is 2.46. The molecule has 17 heavy (non-hydrogen) atoms. The van der Waals surface area contributed by atoms with Gasteiger partial charge in [-0.2, -0.15) is 0 Å². The highest BCUT2D eigenvalue weighted by Gasteiger charge is 2.04. The van der Waals surface area contributed by atoms with Gasteiger partial charge in [0, 0.05) is 32.4 Å². The second-order valence-electron chi connectivity index (χ2n) is 4.51. The van der Waals surface area contributed by atoms with Gasteiger partial charge in [0.15, 0.2) is 0 Å². The van der Waals surface area contributed by atoms with Gasteiger partial charge in [-0.25, -0.2) is 0 Å². The first-order valence-electron chi connectivity index (χ1n) is 6.00. The molecule has 1 unspecified atom stereocenters. The highest BCUT2D eigenvalue weighted by atomic mass is 16.5. The molecule has 0 saturated heterocycles. The Kier molecular flexibility index (Phi) is 6.01. The number of hydrogen-bond donors (Lipinski definition) is 1. The van der Waals surface area contributed by atoms with Crippen LogP contribution in [0.15, 0.2) is 18.2 Å². The smallest absolute Gasteiger partial charge is 0.123 e. The number of rotatable bonds is 7. The average molecular weight is 237 g/mol. The van der Waals surface area contributed by atoms with Crippen LogP contribution in [0.2, 0.25) is 0 Å². The molecule has 1 N–H and O–H groups in total. The fourth-order valence-corrected chi connectivity index (χ4v) is 1.84. The lowest BCUT2D eigenvalue weighted by atomic mass is 10.1. The molecule has 1 aromatic carbocycles. The molecule has 1 rings (SSSR count). The Bertz CT molecular complexity index is 339. The maximum absolute atomic E-state index is 5.34. The van der Waals surface area contributed by atoms with Crippen molar-refractivity contribution >= 4 is 0 Å². The Balaban J connectivity index is 2.48. The lowest BCUT2D eigenvalue weighted by Crippen LogP contribution is -2.23. The fraction of sp³-hybridized carbons (Fsp3) is 0.571. The van der Waals surface area contributed by atoms with E-state index < -0.39 is 0 Å². The SMILES string of the molecule is COCC(C)CNCc1cc(C)ccc1OC. The molecule has 0 radical (unpaired) electrons. The van der Waals surface area contributed by atoms with Crippen LogP contribution >= 0.6 is 0 Å². The third-order valence-corrected chi connectivity index (χ3v) is 2.70. The van der Waals surface area contributed by atoms with Gasteiger partial charge >= 0.3 is 0 Å². The highest BCUT2D eigenvalue weighted by molar-refractivity contribution is 5.36. The Labute approximate surface area is 104 Å². The molecule has 1 atom stereocenters. The van der Waals surface area contributed by atoms with E-state index in [2.05, 4.69) is 31.3 Å². The number of ether oxygens (including phenoxy) is 2. The summed E-state index contributed by atoms with van der Waals surface area (Å²) in [6.07, 6.45) is 0. The summed E-state index contributed by atoms with van der Waals surface area (Å²) in [7, 11) is 3.45. The van der Waals surface area contributed by atoms with Crippen LogP contribution in [0.3, 0.4) is 0 Å². The van der Waals surface area contributed by atoms with Gasteiger partial charge in [-0.05, 0) is 18.9 Å².